The average Bonchev–Trinajstić information content (AvgIpc) is 2.79. The molecule has 1 N–H and O–H groups in total. The fourth-order valence-electron chi connectivity index (χ4n) is 3.14. The third-order valence-corrected chi connectivity index (χ3v) is 7.79. The van der Waals surface area contributed by atoms with E-state index in [4.69, 9.17) is 23.2 Å². The second-order valence-electron chi connectivity index (χ2n) is 7.42. The van der Waals surface area contributed by atoms with Gasteiger partial charge >= 0.3 is 0 Å². The van der Waals surface area contributed by atoms with Crippen LogP contribution < -0.4 is 9.62 Å². The van der Waals surface area contributed by atoms with Crippen LogP contribution in [0.4, 0.5) is 10.1 Å². The first kappa shape index (κ1) is 26.3. The number of amides is 1. The molecule has 0 heterocycles. The number of thioether (sulfide) groups is 1. The summed E-state index contributed by atoms with van der Waals surface area (Å²) >= 11 is 13.9. The van der Waals surface area contributed by atoms with Crippen molar-refractivity contribution >= 4 is 56.6 Å². The number of anilines is 1. The van der Waals surface area contributed by atoms with Gasteiger partial charge in [-0.2, -0.15) is 11.8 Å². The molecular weight excluding hydrogens is 518 g/mol. The smallest absolute Gasteiger partial charge is 0.251 e. The highest BCUT2D eigenvalue weighted by atomic mass is 35.5. The van der Waals surface area contributed by atoms with Gasteiger partial charge in [-0.05, 0) is 48.0 Å². The number of halogens is 3. The lowest BCUT2D eigenvalue weighted by Gasteiger charge is -2.23. The molecule has 0 spiro atoms. The van der Waals surface area contributed by atoms with Crippen molar-refractivity contribution in [1.29, 1.82) is 0 Å². The highest BCUT2D eigenvalue weighted by Gasteiger charge is 2.21. The summed E-state index contributed by atoms with van der Waals surface area (Å²) < 4.78 is 39.7. The van der Waals surface area contributed by atoms with Crippen LogP contribution in [-0.2, 0) is 22.3 Å². The lowest BCUT2D eigenvalue weighted by molar-refractivity contribution is 0.0956. The molecular formula is C24H23Cl2FN2O3S2. The zero-order valence-electron chi connectivity index (χ0n) is 18.3. The van der Waals surface area contributed by atoms with Crippen molar-refractivity contribution in [2.45, 2.75) is 12.3 Å². The maximum absolute atomic E-state index is 13.6. The van der Waals surface area contributed by atoms with Gasteiger partial charge in [-0.3, -0.25) is 9.10 Å². The van der Waals surface area contributed by atoms with Crippen LogP contribution in [0.1, 0.15) is 21.5 Å². The van der Waals surface area contributed by atoms with Gasteiger partial charge in [-0.25, -0.2) is 12.8 Å². The normalized spacial score (nSPS) is 11.3. The van der Waals surface area contributed by atoms with Crippen molar-refractivity contribution in [3.05, 3.63) is 99.3 Å². The summed E-state index contributed by atoms with van der Waals surface area (Å²) in [6.45, 7) is 0.377. The summed E-state index contributed by atoms with van der Waals surface area (Å²) in [6.07, 6.45) is 1.09. The third-order valence-electron chi connectivity index (χ3n) is 4.93. The predicted molar refractivity (Wildman–Crippen MR) is 139 cm³/mol. The van der Waals surface area contributed by atoms with Gasteiger partial charge < -0.3 is 5.32 Å². The molecule has 0 fully saturated rings. The molecule has 0 aromatic heterocycles. The van der Waals surface area contributed by atoms with Gasteiger partial charge in [0.25, 0.3) is 5.91 Å². The highest BCUT2D eigenvalue weighted by Crippen LogP contribution is 2.29. The van der Waals surface area contributed by atoms with E-state index in [9.17, 15) is 17.6 Å². The van der Waals surface area contributed by atoms with Crippen LogP contribution in [0.3, 0.4) is 0 Å². The number of nitrogens with zero attached hydrogens (tertiary/aromatic N) is 1. The molecule has 0 aliphatic rings. The lowest BCUT2D eigenvalue weighted by atomic mass is 10.1. The third kappa shape index (κ3) is 7.12. The number of benzene rings is 3. The molecule has 180 valence electrons. The summed E-state index contributed by atoms with van der Waals surface area (Å²) in [5, 5.41) is 3.54. The second kappa shape index (κ2) is 11.9. The minimum Gasteiger partial charge on any atom is -0.351 e. The van der Waals surface area contributed by atoms with Crippen LogP contribution in [0.15, 0.2) is 66.7 Å². The first-order valence-electron chi connectivity index (χ1n) is 10.3. The fraction of sp³-hybridized carbons (Fsp3) is 0.208. The average molecular weight is 541 g/mol. The van der Waals surface area contributed by atoms with Crippen molar-refractivity contribution in [2.24, 2.45) is 0 Å². The Morgan fingerprint density at radius 2 is 1.65 bits per heavy atom. The quantitative estimate of drug-likeness (QED) is 0.332. The zero-order chi connectivity index (χ0) is 24.7. The van der Waals surface area contributed by atoms with E-state index in [1.54, 1.807) is 60.7 Å². The summed E-state index contributed by atoms with van der Waals surface area (Å²) in [4.78, 5) is 12.4. The molecule has 5 nitrogen and oxygen atoms in total. The lowest BCUT2D eigenvalue weighted by Crippen LogP contribution is -2.30. The maximum atomic E-state index is 13.6. The van der Waals surface area contributed by atoms with Gasteiger partial charge in [0.05, 0.1) is 18.5 Å². The first-order valence-corrected chi connectivity index (χ1v) is 14.0. The molecule has 0 aliphatic carbocycles. The largest absolute Gasteiger partial charge is 0.351 e. The van der Waals surface area contributed by atoms with Crippen LogP contribution in [-0.4, -0.2) is 32.9 Å². The van der Waals surface area contributed by atoms with E-state index in [0.717, 1.165) is 6.26 Å². The molecule has 10 heteroatoms. The highest BCUT2D eigenvalue weighted by molar-refractivity contribution is 7.98. The van der Waals surface area contributed by atoms with E-state index >= 15 is 0 Å². The van der Waals surface area contributed by atoms with Gasteiger partial charge in [0.2, 0.25) is 10.0 Å². The summed E-state index contributed by atoms with van der Waals surface area (Å²) in [5.41, 5.74) is 1.90. The SMILES string of the molecule is CS(=O)(=O)N(Cc1c(Cl)cccc1Cl)c1ccc(C(=O)NCCSCc2ccccc2F)cc1. The van der Waals surface area contributed by atoms with Gasteiger partial charge in [0.15, 0.2) is 0 Å². The number of hydrogen-bond acceptors (Lipinski definition) is 4. The standard InChI is InChI=1S/C24H23Cl2FN2O3S2/c1-34(31,32)29(15-20-21(25)6-4-7-22(20)26)19-11-9-17(10-12-19)24(30)28-13-14-33-16-18-5-2-3-8-23(18)27/h2-12H,13-16H2,1H3,(H,28,30). The molecule has 3 aromatic carbocycles. The Kier molecular flexibility index (Phi) is 9.24. The fourth-order valence-corrected chi connectivity index (χ4v) is 5.37. The Labute approximate surface area is 213 Å². The predicted octanol–water partition coefficient (Wildman–Crippen LogP) is 5.76. The van der Waals surface area contributed by atoms with Gasteiger partial charge in [-0.1, -0.05) is 47.5 Å². The van der Waals surface area contributed by atoms with E-state index < -0.39 is 10.0 Å². The number of hydrogen-bond donors (Lipinski definition) is 1. The summed E-state index contributed by atoms with van der Waals surface area (Å²) in [5.74, 6) is 0.629. The maximum Gasteiger partial charge on any atom is 0.251 e. The molecule has 0 atom stereocenters. The minimum atomic E-state index is -3.64. The van der Waals surface area contributed by atoms with E-state index in [1.807, 2.05) is 0 Å². The Hall–Kier alpha value is -2.26. The molecule has 0 radical (unpaired) electrons. The van der Waals surface area contributed by atoms with Crippen molar-refractivity contribution in [2.75, 3.05) is 22.9 Å². The second-order valence-corrected chi connectivity index (χ2v) is 11.2. The molecule has 0 saturated heterocycles. The Balaban J connectivity index is 1.59. The van der Waals surface area contributed by atoms with Crippen LogP contribution in [0.2, 0.25) is 10.0 Å². The van der Waals surface area contributed by atoms with E-state index in [0.29, 0.717) is 50.5 Å². The molecule has 0 bridgehead atoms. The molecule has 0 aliphatic heterocycles. The minimum absolute atomic E-state index is 0.0396. The van der Waals surface area contributed by atoms with Crippen molar-refractivity contribution < 1.29 is 17.6 Å². The van der Waals surface area contributed by atoms with E-state index in [-0.39, 0.29) is 18.3 Å². The van der Waals surface area contributed by atoms with E-state index in [2.05, 4.69) is 5.32 Å². The van der Waals surface area contributed by atoms with Crippen molar-refractivity contribution in [3.8, 4) is 0 Å². The van der Waals surface area contributed by atoms with Gasteiger partial charge in [-0.15, -0.1) is 0 Å². The van der Waals surface area contributed by atoms with Crippen LogP contribution >= 0.6 is 35.0 Å². The molecule has 34 heavy (non-hydrogen) atoms. The molecule has 1 amide bonds. The van der Waals surface area contributed by atoms with Crippen LogP contribution in [0.25, 0.3) is 0 Å². The van der Waals surface area contributed by atoms with Crippen LogP contribution in [0.5, 0.6) is 0 Å². The van der Waals surface area contributed by atoms with E-state index in [1.165, 1.54) is 22.1 Å². The van der Waals surface area contributed by atoms with Crippen LogP contribution in [0, 0.1) is 5.82 Å². The summed E-state index contributed by atoms with van der Waals surface area (Å²) in [6, 6.07) is 17.8. The first-order chi connectivity index (χ1) is 16.2. The molecule has 0 saturated carbocycles. The molecule has 0 unspecified atom stereocenters. The number of rotatable bonds is 10. The Morgan fingerprint density at radius 1 is 1.00 bits per heavy atom. The molecule has 3 rings (SSSR count). The van der Waals surface area contributed by atoms with Gasteiger partial charge in [0.1, 0.15) is 5.82 Å². The number of nitrogens with one attached hydrogen (secondary N) is 1. The Morgan fingerprint density at radius 3 is 2.26 bits per heavy atom. The van der Waals surface area contributed by atoms with Crippen molar-refractivity contribution in [3.63, 3.8) is 0 Å². The topological polar surface area (TPSA) is 66.5 Å². The van der Waals surface area contributed by atoms with Gasteiger partial charge in [0, 0.05) is 39.2 Å². The number of carbonyl (C=O) groups excluding carboxylic acids is 1. The number of carbonyl (C=O) groups is 1. The Bertz CT molecular complexity index is 1240. The molecule has 3 aromatic rings. The monoisotopic (exact) mass is 540 g/mol. The zero-order valence-corrected chi connectivity index (χ0v) is 21.4. The van der Waals surface area contributed by atoms with Crippen molar-refractivity contribution in [1.82, 2.24) is 5.32 Å². The summed E-state index contributed by atoms with van der Waals surface area (Å²) in [7, 11) is -3.64. The number of sulfonamides is 1.